The lowest BCUT2D eigenvalue weighted by Crippen LogP contribution is -2.60. The number of rotatable bonds is 5. The van der Waals surface area contributed by atoms with Crippen LogP contribution >= 0.6 is 11.6 Å². The molecule has 1 saturated heterocycles. The molecule has 6 nitrogen and oxygen atoms in total. The fraction of sp³-hybridized carbons (Fsp3) is 0.850. The summed E-state index contributed by atoms with van der Waals surface area (Å²) in [5.74, 6) is 0. The van der Waals surface area contributed by atoms with E-state index in [0.29, 0.717) is 5.57 Å². The lowest BCUT2D eigenvalue weighted by atomic mass is 9.83. The maximum atomic E-state index is 11.2. The van der Waals surface area contributed by atoms with Gasteiger partial charge in [0.1, 0.15) is 17.6 Å². The highest BCUT2D eigenvalue weighted by molar-refractivity contribution is 6.84. The Bertz CT molecular complexity index is 662. The van der Waals surface area contributed by atoms with Crippen molar-refractivity contribution in [3.8, 4) is 6.07 Å². The maximum Gasteiger partial charge on any atom is 0.335 e. The Labute approximate surface area is 182 Å². The van der Waals surface area contributed by atoms with Crippen LogP contribution in [0.4, 0.5) is 0 Å². The van der Waals surface area contributed by atoms with Crippen LogP contribution in [0.15, 0.2) is 11.1 Å². The van der Waals surface area contributed by atoms with Crippen LogP contribution in [-0.4, -0.2) is 52.3 Å². The molecule has 1 aliphatic carbocycles. The summed E-state index contributed by atoms with van der Waals surface area (Å²) in [4.78, 5) is 0. The van der Waals surface area contributed by atoms with Gasteiger partial charge in [-0.15, -0.1) is 0 Å². The number of fused-ring (bicyclic) bond motifs is 1. The second-order valence-electron chi connectivity index (χ2n) is 9.54. The van der Waals surface area contributed by atoms with Crippen molar-refractivity contribution in [2.75, 3.05) is 6.61 Å². The molecular weight excluding hydrogens is 426 g/mol. The first-order valence-electron chi connectivity index (χ1n) is 10.5. The molecule has 0 aromatic rings. The minimum atomic E-state index is -2.89. The number of nitriles is 1. The van der Waals surface area contributed by atoms with Crippen LogP contribution in [0, 0.1) is 16.7 Å². The molecule has 29 heavy (non-hydrogen) atoms. The van der Waals surface area contributed by atoms with E-state index < -0.39 is 47.5 Å². The first kappa shape index (κ1) is 25.0. The van der Waals surface area contributed by atoms with E-state index in [1.165, 1.54) is 5.54 Å². The summed E-state index contributed by atoms with van der Waals surface area (Å²) >= 11 is 6.15. The molecule has 2 aliphatic rings. The summed E-state index contributed by atoms with van der Waals surface area (Å²) in [6.45, 7) is 16.2. The third-order valence-corrected chi connectivity index (χ3v) is 17.2. The molecule has 1 aliphatic heterocycles. The van der Waals surface area contributed by atoms with Crippen LogP contribution in [0.3, 0.4) is 0 Å². The Morgan fingerprint density at radius 1 is 1.03 bits per heavy atom. The highest BCUT2D eigenvalue weighted by atomic mass is 35.5. The van der Waals surface area contributed by atoms with Crippen molar-refractivity contribution in [3.63, 3.8) is 0 Å². The average Bonchev–Trinajstić information content (AvgIpc) is 2.78. The first-order valence-corrected chi connectivity index (χ1v) is 14.8. The molecule has 1 saturated carbocycles. The molecule has 0 bridgehead atoms. The predicted molar refractivity (Wildman–Crippen MR) is 118 cm³/mol. The van der Waals surface area contributed by atoms with Gasteiger partial charge < -0.3 is 23.2 Å². The normalized spacial score (nSPS) is 35.4. The highest BCUT2D eigenvalue weighted by Crippen LogP contribution is 2.54. The van der Waals surface area contributed by atoms with E-state index in [1.54, 1.807) is 0 Å². The monoisotopic (exact) mass is 461 g/mol. The largest absolute Gasteiger partial charge is 0.414 e. The van der Waals surface area contributed by atoms with Crippen molar-refractivity contribution in [3.05, 3.63) is 11.1 Å². The van der Waals surface area contributed by atoms with Gasteiger partial charge in [0.05, 0.1) is 18.8 Å². The van der Waals surface area contributed by atoms with Crippen molar-refractivity contribution >= 4 is 28.7 Å². The molecule has 0 aromatic carbocycles. The third kappa shape index (κ3) is 3.58. The number of aliphatic hydroxyl groups excluding tert-OH is 2. The van der Waals surface area contributed by atoms with Gasteiger partial charge in [0.25, 0.3) is 0 Å². The van der Waals surface area contributed by atoms with Gasteiger partial charge in [0.15, 0.2) is 0 Å². The summed E-state index contributed by atoms with van der Waals surface area (Å²) in [7, 11) is -5.77. The lowest BCUT2D eigenvalue weighted by molar-refractivity contribution is -0.0313. The van der Waals surface area contributed by atoms with Crippen molar-refractivity contribution in [2.45, 2.75) is 95.9 Å². The molecule has 0 amide bonds. The van der Waals surface area contributed by atoms with Gasteiger partial charge in [-0.05, 0) is 27.7 Å². The average molecular weight is 462 g/mol. The number of halogens is 1. The molecule has 2 rings (SSSR count). The van der Waals surface area contributed by atoms with Gasteiger partial charge in [-0.2, -0.15) is 5.26 Å². The maximum absolute atomic E-state index is 11.2. The highest BCUT2D eigenvalue weighted by Gasteiger charge is 2.68. The van der Waals surface area contributed by atoms with Gasteiger partial charge in [-0.1, -0.05) is 67.0 Å². The molecule has 0 radical (unpaired) electrons. The minimum absolute atomic E-state index is 0.107. The molecular formula is C20H36ClNO5Si2. The van der Waals surface area contributed by atoms with Gasteiger partial charge in [0, 0.05) is 5.54 Å². The van der Waals surface area contributed by atoms with Crippen LogP contribution in [-0.2, 0) is 13.0 Å². The standard InChI is InChI=1S/C20H36ClNO5Si2/c1-12(2)28(13(3)4)25-17-16(9-21)20(10-22,11-23)19(24)18(17)26-29(27-28,14(5)6)15(7)8/h9,12-15,17-19,23-24H,11H2,1-8H3/b16-9-/t17-,18-,19-,20-/m0/s1. The van der Waals surface area contributed by atoms with Crippen LogP contribution in [0.1, 0.15) is 55.4 Å². The quantitative estimate of drug-likeness (QED) is 0.592. The fourth-order valence-corrected chi connectivity index (χ4v) is 16.4. The van der Waals surface area contributed by atoms with Crippen molar-refractivity contribution in [1.82, 2.24) is 0 Å². The molecule has 1 heterocycles. The van der Waals surface area contributed by atoms with Crippen LogP contribution in [0.5, 0.6) is 0 Å². The molecule has 2 fully saturated rings. The summed E-state index contributed by atoms with van der Waals surface area (Å²) in [5, 5.41) is 31.2. The molecule has 166 valence electrons. The number of hydrogen-bond acceptors (Lipinski definition) is 6. The SMILES string of the molecule is CC(C)[Si]1(C(C)C)O[C@H]2[C@@H](O[Si](C(C)C)(C(C)C)O1)/C(=C/Cl)[C@](C#N)(CO)[C@H]2O. The Hall–Kier alpha value is -0.246. The summed E-state index contributed by atoms with van der Waals surface area (Å²) in [5.41, 5.74) is 0.558. The van der Waals surface area contributed by atoms with Gasteiger partial charge >= 0.3 is 17.1 Å². The Balaban J connectivity index is 2.80. The van der Waals surface area contributed by atoms with Gasteiger partial charge in [-0.25, -0.2) is 0 Å². The van der Waals surface area contributed by atoms with Crippen molar-refractivity contribution < 1.29 is 23.2 Å². The zero-order valence-corrected chi connectivity index (χ0v) is 21.5. The zero-order chi connectivity index (χ0) is 22.4. The molecule has 4 atom stereocenters. The van der Waals surface area contributed by atoms with Crippen LogP contribution in [0.2, 0.25) is 22.2 Å². The van der Waals surface area contributed by atoms with Crippen LogP contribution < -0.4 is 0 Å². The van der Waals surface area contributed by atoms with E-state index in [-0.39, 0.29) is 22.2 Å². The van der Waals surface area contributed by atoms with Crippen molar-refractivity contribution in [2.24, 2.45) is 5.41 Å². The van der Waals surface area contributed by atoms with Gasteiger partial charge in [0.2, 0.25) is 0 Å². The number of aliphatic hydroxyl groups is 2. The minimum Gasteiger partial charge on any atom is -0.414 e. The first-order chi connectivity index (χ1) is 13.4. The van der Waals surface area contributed by atoms with E-state index >= 15 is 0 Å². The fourth-order valence-electron chi connectivity index (χ4n) is 4.87. The van der Waals surface area contributed by atoms with E-state index in [1.807, 2.05) is 0 Å². The van der Waals surface area contributed by atoms with E-state index in [2.05, 4.69) is 61.5 Å². The van der Waals surface area contributed by atoms with Crippen LogP contribution in [0.25, 0.3) is 0 Å². The summed E-state index contributed by atoms with van der Waals surface area (Å²) < 4.78 is 20.6. The third-order valence-electron chi connectivity index (χ3n) is 6.67. The number of nitrogens with zero attached hydrogens (tertiary/aromatic N) is 1. The molecule has 0 spiro atoms. The van der Waals surface area contributed by atoms with E-state index in [4.69, 9.17) is 24.6 Å². The Morgan fingerprint density at radius 2 is 1.48 bits per heavy atom. The summed E-state index contributed by atoms with van der Waals surface area (Å²) in [6.07, 6.45) is -2.79. The Kier molecular flexibility index (Phi) is 7.52. The second-order valence-corrected chi connectivity index (χ2v) is 18.5. The molecule has 0 unspecified atom stereocenters. The smallest absolute Gasteiger partial charge is 0.335 e. The molecule has 2 N–H and O–H groups in total. The van der Waals surface area contributed by atoms with E-state index in [0.717, 1.165) is 0 Å². The topological polar surface area (TPSA) is 91.9 Å². The lowest BCUT2D eigenvalue weighted by Gasteiger charge is -2.46. The molecule has 0 aromatic heterocycles. The number of hydrogen-bond donors (Lipinski definition) is 2. The molecule has 9 heteroatoms. The second kappa shape index (κ2) is 8.71. The summed E-state index contributed by atoms with van der Waals surface area (Å²) in [6, 6.07) is 2.10. The van der Waals surface area contributed by atoms with Gasteiger partial charge in [-0.3, -0.25) is 0 Å². The Morgan fingerprint density at radius 3 is 1.83 bits per heavy atom. The zero-order valence-electron chi connectivity index (χ0n) is 18.8. The van der Waals surface area contributed by atoms with E-state index in [9.17, 15) is 15.5 Å². The predicted octanol–water partition coefficient (Wildman–Crippen LogP) is 4.31. The van der Waals surface area contributed by atoms with Crippen molar-refractivity contribution in [1.29, 1.82) is 5.26 Å².